The van der Waals surface area contributed by atoms with E-state index in [4.69, 9.17) is 14.2 Å². The Kier molecular flexibility index (Phi) is 44.7. The van der Waals surface area contributed by atoms with Crippen LogP contribution in [0.2, 0.25) is 0 Å². The Hall–Kier alpha value is -4.45. The summed E-state index contributed by atoms with van der Waals surface area (Å²) in [5.74, 6) is -1.19. The number of esters is 3. The lowest BCUT2D eigenvalue weighted by molar-refractivity contribution is -0.166. The third-order valence-corrected chi connectivity index (χ3v) is 9.17. The van der Waals surface area contributed by atoms with Gasteiger partial charge < -0.3 is 14.2 Å². The molecule has 1 atom stereocenters. The van der Waals surface area contributed by atoms with Gasteiger partial charge in [0.25, 0.3) is 0 Å². The van der Waals surface area contributed by atoms with E-state index in [1.54, 1.807) is 6.08 Å². The largest absolute Gasteiger partial charge is 0.462 e. The predicted molar refractivity (Wildman–Crippen MR) is 260 cm³/mol. The molecule has 6 heteroatoms. The summed E-state index contributed by atoms with van der Waals surface area (Å²) in [4.78, 5) is 37.8. The molecular formula is C55H84O6. The molecule has 0 spiro atoms. The van der Waals surface area contributed by atoms with Gasteiger partial charge in [-0.3, -0.25) is 14.4 Å². The molecule has 6 nitrogen and oxygen atoms in total. The molecule has 340 valence electrons. The molecule has 0 radical (unpaired) electrons. The number of allylic oxidation sites excluding steroid dienone is 21. The number of carbonyl (C=O) groups is 3. The summed E-state index contributed by atoms with van der Waals surface area (Å²) in [5.41, 5.74) is 0. The van der Waals surface area contributed by atoms with Crippen molar-refractivity contribution in [3.63, 3.8) is 0 Å². The number of carbonyl (C=O) groups excluding carboxylic acids is 3. The molecule has 0 saturated carbocycles. The molecule has 0 saturated heterocycles. The standard InChI is InChI=1S/C55H84O6/c1-4-7-10-13-16-19-22-25-27-30-33-36-39-42-45-48-54(57)60-51-52(50-59-53(56)47-44-41-38-35-32-29-24-21-18-15-12-9-6-3)61-55(58)49-46-43-40-37-34-31-28-26-23-20-17-14-11-8-5-2/h7,9-10,12,16-21,25-29,32-33,36,38,41-42,45,52H,4-6,8,11,13-15,22-24,30-31,34-35,37,39-40,43-44,46-51H2,1-3H3/b10-7-,12-9-,19-16-,20-17-,21-18-,27-25-,28-26-,32-29-,36-33-,41-38-,45-42-. The first-order chi connectivity index (χ1) is 30.0. The van der Waals surface area contributed by atoms with Gasteiger partial charge in [0.1, 0.15) is 13.2 Å². The highest BCUT2D eigenvalue weighted by molar-refractivity contribution is 5.72. The van der Waals surface area contributed by atoms with Crippen LogP contribution in [0.15, 0.2) is 134 Å². The maximum atomic E-state index is 12.7. The normalized spacial score (nSPS) is 13.3. The second-order valence-electron chi connectivity index (χ2n) is 14.9. The fourth-order valence-corrected chi connectivity index (χ4v) is 5.67. The van der Waals surface area contributed by atoms with Crippen molar-refractivity contribution in [3.05, 3.63) is 134 Å². The zero-order valence-corrected chi connectivity index (χ0v) is 38.6. The summed E-state index contributed by atoms with van der Waals surface area (Å²) in [6.07, 6.45) is 67.5. The van der Waals surface area contributed by atoms with Crippen LogP contribution in [-0.4, -0.2) is 37.2 Å². The fraction of sp³-hybridized carbons (Fsp3) is 0.545. The molecule has 61 heavy (non-hydrogen) atoms. The Morgan fingerprint density at radius 2 is 0.738 bits per heavy atom. The molecule has 0 aromatic rings. The van der Waals surface area contributed by atoms with E-state index < -0.39 is 12.1 Å². The van der Waals surface area contributed by atoms with Crippen molar-refractivity contribution in [3.8, 4) is 0 Å². The van der Waals surface area contributed by atoms with Crippen molar-refractivity contribution < 1.29 is 28.6 Å². The Morgan fingerprint density at radius 1 is 0.361 bits per heavy atom. The maximum Gasteiger partial charge on any atom is 0.309 e. The van der Waals surface area contributed by atoms with Gasteiger partial charge in [-0.1, -0.05) is 187 Å². The smallest absolute Gasteiger partial charge is 0.309 e. The topological polar surface area (TPSA) is 78.9 Å². The van der Waals surface area contributed by atoms with Gasteiger partial charge in [-0.15, -0.1) is 0 Å². The van der Waals surface area contributed by atoms with Crippen LogP contribution in [0.3, 0.4) is 0 Å². The molecule has 0 aliphatic heterocycles. The minimum absolute atomic E-state index is 0.106. The lowest BCUT2D eigenvalue weighted by Crippen LogP contribution is -2.30. The molecule has 0 fully saturated rings. The highest BCUT2D eigenvalue weighted by Gasteiger charge is 2.19. The molecule has 0 rings (SSSR count). The van der Waals surface area contributed by atoms with Crippen LogP contribution in [0.25, 0.3) is 0 Å². The van der Waals surface area contributed by atoms with E-state index >= 15 is 0 Å². The predicted octanol–water partition coefficient (Wildman–Crippen LogP) is 15.5. The Morgan fingerprint density at radius 3 is 1.21 bits per heavy atom. The number of unbranched alkanes of at least 4 members (excludes halogenated alkanes) is 8. The van der Waals surface area contributed by atoms with Crippen molar-refractivity contribution in [2.45, 2.75) is 181 Å². The van der Waals surface area contributed by atoms with E-state index in [-0.39, 0.29) is 44.4 Å². The SMILES string of the molecule is CC/C=C\C/C=C\C/C=C\C/C=C\C/C=C\CC(=O)OCC(COC(=O)CC/C=C\C/C=C\C/C=C\C/C=C\CC)OC(=O)CCCCCCC/C=C\C/C=C\CCCCC. The zero-order valence-electron chi connectivity index (χ0n) is 38.6. The van der Waals surface area contributed by atoms with E-state index in [1.807, 2.05) is 18.2 Å². The molecule has 1 unspecified atom stereocenters. The van der Waals surface area contributed by atoms with Crippen LogP contribution in [-0.2, 0) is 28.6 Å². The lowest BCUT2D eigenvalue weighted by atomic mass is 10.1. The molecule has 0 amide bonds. The molecule has 0 N–H and O–H groups in total. The van der Waals surface area contributed by atoms with Gasteiger partial charge in [-0.05, 0) is 103 Å². The van der Waals surface area contributed by atoms with Crippen molar-refractivity contribution in [2.24, 2.45) is 0 Å². The summed E-state index contributed by atoms with van der Waals surface area (Å²) < 4.78 is 16.5. The first-order valence-electron chi connectivity index (χ1n) is 23.7. The lowest BCUT2D eigenvalue weighted by Gasteiger charge is -2.18. The van der Waals surface area contributed by atoms with Crippen molar-refractivity contribution in [1.82, 2.24) is 0 Å². The van der Waals surface area contributed by atoms with Gasteiger partial charge in [-0.2, -0.15) is 0 Å². The quantitative estimate of drug-likeness (QED) is 0.0265. The van der Waals surface area contributed by atoms with E-state index in [2.05, 4.69) is 130 Å². The van der Waals surface area contributed by atoms with E-state index in [1.165, 1.54) is 25.7 Å². The summed E-state index contributed by atoms with van der Waals surface area (Å²) in [7, 11) is 0. The number of hydrogen-bond acceptors (Lipinski definition) is 6. The van der Waals surface area contributed by atoms with Crippen molar-refractivity contribution in [1.29, 1.82) is 0 Å². The first-order valence-corrected chi connectivity index (χ1v) is 23.7. The second-order valence-corrected chi connectivity index (χ2v) is 14.9. The Labute approximate surface area is 373 Å². The summed E-state index contributed by atoms with van der Waals surface area (Å²) in [6, 6.07) is 0. The summed E-state index contributed by atoms with van der Waals surface area (Å²) >= 11 is 0. The average molecular weight is 841 g/mol. The van der Waals surface area contributed by atoms with Crippen molar-refractivity contribution in [2.75, 3.05) is 13.2 Å². The number of rotatable bonds is 40. The van der Waals surface area contributed by atoms with Crippen LogP contribution in [0.5, 0.6) is 0 Å². The van der Waals surface area contributed by atoms with E-state index in [0.717, 1.165) is 103 Å². The Balaban J connectivity index is 4.66. The minimum Gasteiger partial charge on any atom is -0.462 e. The van der Waals surface area contributed by atoms with Crippen molar-refractivity contribution >= 4 is 17.9 Å². The molecule has 0 heterocycles. The Bertz CT molecular complexity index is 1380. The maximum absolute atomic E-state index is 12.7. The number of hydrogen-bond donors (Lipinski definition) is 0. The monoisotopic (exact) mass is 841 g/mol. The van der Waals surface area contributed by atoms with Crippen LogP contribution in [0.1, 0.15) is 175 Å². The third kappa shape index (κ3) is 46.5. The number of ether oxygens (including phenoxy) is 3. The molecule has 0 aromatic carbocycles. The van der Waals surface area contributed by atoms with E-state index in [0.29, 0.717) is 6.42 Å². The first kappa shape index (κ1) is 56.5. The summed E-state index contributed by atoms with van der Waals surface area (Å²) in [6.45, 7) is 6.18. The highest BCUT2D eigenvalue weighted by Crippen LogP contribution is 2.11. The van der Waals surface area contributed by atoms with Gasteiger partial charge in [0.05, 0.1) is 6.42 Å². The molecule has 0 aliphatic rings. The van der Waals surface area contributed by atoms with E-state index in [9.17, 15) is 14.4 Å². The average Bonchev–Trinajstić information content (AvgIpc) is 3.26. The van der Waals surface area contributed by atoms with Gasteiger partial charge in [0.15, 0.2) is 6.10 Å². The molecular weight excluding hydrogens is 757 g/mol. The fourth-order valence-electron chi connectivity index (χ4n) is 5.67. The third-order valence-electron chi connectivity index (χ3n) is 9.17. The van der Waals surface area contributed by atoms with Gasteiger partial charge in [0.2, 0.25) is 0 Å². The van der Waals surface area contributed by atoms with Gasteiger partial charge in [-0.25, -0.2) is 0 Å². The highest BCUT2D eigenvalue weighted by atomic mass is 16.6. The minimum atomic E-state index is -0.857. The summed E-state index contributed by atoms with van der Waals surface area (Å²) in [5, 5.41) is 0. The van der Waals surface area contributed by atoms with Crippen LogP contribution < -0.4 is 0 Å². The van der Waals surface area contributed by atoms with Gasteiger partial charge in [0, 0.05) is 12.8 Å². The van der Waals surface area contributed by atoms with Crippen LogP contribution >= 0.6 is 0 Å². The van der Waals surface area contributed by atoms with Crippen LogP contribution in [0, 0.1) is 0 Å². The van der Waals surface area contributed by atoms with Crippen LogP contribution in [0.4, 0.5) is 0 Å². The molecule has 0 aromatic heterocycles. The zero-order chi connectivity index (χ0) is 44.4. The molecule has 0 aliphatic carbocycles. The second kappa shape index (κ2) is 48.2. The van der Waals surface area contributed by atoms with Gasteiger partial charge >= 0.3 is 17.9 Å². The molecule has 0 bridgehead atoms.